The number of hydrogen-bond donors (Lipinski definition) is 11. The van der Waals surface area contributed by atoms with Crippen LogP contribution in [0.4, 0.5) is 0 Å². The van der Waals surface area contributed by atoms with Crippen LogP contribution >= 0.6 is 0 Å². The van der Waals surface area contributed by atoms with Gasteiger partial charge in [-0.3, -0.25) is 9.59 Å². The van der Waals surface area contributed by atoms with E-state index in [1.54, 1.807) is 27.7 Å². The first-order valence-electron chi connectivity index (χ1n) is 24.5. The number of ether oxygens (including phenoxy) is 1. The molecule has 10 atom stereocenters. The minimum absolute atomic E-state index is 0.0933. The molecule has 0 aliphatic carbocycles. The van der Waals surface area contributed by atoms with E-state index < -0.39 is 87.9 Å². The highest BCUT2D eigenvalue weighted by atomic mass is 16.5. The molecule has 0 aromatic heterocycles. The number of allylic oxidation sites excluding steroid dienone is 2. The van der Waals surface area contributed by atoms with Gasteiger partial charge in [-0.1, -0.05) is 11.6 Å². The summed E-state index contributed by atoms with van der Waals surface area (Å²) in [7, 11) is 0. The molecule has 0 saturated heterocycles. The number of aliphatic hydroxyl groups is 10. The van der Waals surface area contributed by atoms with Gasteiger partial charge in [0.2, 0.25) is 0 Å². The van der Waals surface area contributed by atoms with E-state index in [2.05, 4.69) is 6.08 Å². The molecule has 0 amide bonds. The van der Waals surface area contributed by atoms with Crippen LogP contribution < -0.4 is 0 Å². The quantitative estimate of drug-likeness (QED) is 0.0212. The van der Waals surface area contributed by atoms with Gasteiger partial charge in [0.05, 0.1) is 63.3 Å². The van der Waals surface area contributed by atoms with Crippen molar-refractivity contribution in [2.75, 3.05) is 6.61 Å². The van der Waals surface area contributed by atoms with Crippen molar-refractivity contribution in [3.05, 3.63) is 11.6 Å². The first-order chi connectivity index (χ1) is 29.3. The Hall–Kier alpha value is -1.72. The average molecular weight is 935 g/mol. The standard InChI is InChI=1S/C51H98O14/c1-39(2)20-12-21-43(3,56)22-13-23-44(4,57)24-14-25-45(5,58)26-15-27-46(6,59)28-16-29-47(7,60)30-17-31-48(8,61)32-18-33-49(9,62)34-19-35-51(11,64)40(52)38-65-42(55)37-50(10,63)36-41(53)54/h20,40,52,56-64H,12-19,21-38H2,1-11H3,(H,53,54)/t40-,43-,44-,45+,46-,47-,48-,49+,50+,51+/m1/s1. The Labute approximate surface area is 392 Å². The lowest BCUT2D eigenvalue weighted by atomic mass is 9.83. The van der Waals surface area contributed by atoms with Gasteiger partial charge in [0.15, 0.2) is 0 Å². The van der Waals surface area contributed by atoms with E-state index in [1.807, 2.05) is 34.6 Å². The summed E-state index contributed by atoms with van der Waals surface area (Å²) in [6.45, 7) is 18.6. The van der Waals surface area contributed by atoms with E-state index in [9.17, 15) is 60.7 Å². The summed E-state index contributed by atoms with van der Waals surface area (Å²) in [5, 5.41) is 117. The summed E-state index contributed by atoms with van der Waals surface area (Å²) in [5.74, 6) is -2.19. The number of hydrogen-bond acceptors (Lipinski definition) is 13. The molecule has 0 aromatic carbocycles. The molecule has 0 radical (unpaired) electrons. The molecule has 11 N–H and O–H groups in total. The van der Waals surface area contributed by atoms with Crippen molar-refractivity contribution < 1.29 is 70.5 Å². The normalized spacial score (nSPS) is 21.1. The summed E-state index contributed by atoms with van der Waals surface area (Å²) in [6, 6.07) is 0. The maximum Gasteiger partial charge on any atom is 0.308 e. The molecule has 0 rings (SSSR count). The van der Waals surface area contributed by atoms with E-state index in [-0.39, 0.29) is 6.42 Å². The molecule has 0 fully saturated rings. The van der Waals surface area contributed by atoms with Crippen LogP contribution in [-0.2, 0) is 14.3 Å². The van der Waals surface area contributed by atoms with Gasteiger partial charge in [0.1, 0.15) is 12.7 Å². The average Bonchev–Trinajstić information content (AvgIpc) is 3.08. The zero-order chi connectivity index (χ0) is 50.6. The first kappa shape index (κ1) is 63.3. The van der Waals surface area contributed by atoms with Crippen LogP contribution in [0.25, 0.3) is 0 Å². The molecule has 0 aromatic rings. The Balaban J connectivity index is 4.50. The van der Waals surface area contributed by atoms with Crippen LogP contribution in [0.1, 0.15) is 237 Å². The van der Waals surface area contributed by atoms with Gasteiger partial charge in [-0.25, -0.2) is 0 Å². The van der Waals surface area contributed by atoms with Crippen molar-refractivity contribution >= 4 is 11.9 Å². The van der Waals surface area contributed by atoms with Gasteiger partial charge < -0.3 is 60.9 Å². The fraction of sp³-hybridized carbons (Fsp3) is 0.922. The Bertz CT molecular complexity index is 1390. The van der Waals surface area contributed by atoms with Crippen LogP contribution in [0.2, 0.25) is 0 Å². The summed E-state index contributed by atoms with van der Waals surface area (Å²) >= 11 is 0. The van der Waals surface area contributed by atoms with Crippen molar-refractivity contribution in [2.45, 2.75) is 293 Å². The summed E-state index contributed by atoms with van der Waals surface area (Å²) in [4.78, 5) is 22.9. The van der Waals surface area contributed by atoms with Crippen LogP contribution in [0.5, 0.6) is 0 Å². The molecular formula is C51H98O14. The zero-order valence-electron chi connectivity index (χ0n) is 42.7. The Morgan fingerprint density at radius 3 is 0.954 bits per heavy atom. The number of rotatable bonds is 38. The fourth-order valence-corrected chi connectivity index (χ4v) is 8.74. The molecule has 14 heteroatoms. The lowest BCUT2D eigenvalue weighted by Gasteiger charge is -2.31. The first-order valence-corrected chi connectivity index (χ1v) is 24.5. The minimum Gasteiger partial charge on any atom is -0.481 e. The van der Waals surface area contributed by atoms with Crippen molar-refractivity contribution in [3.8, 4) is 0 Å². The van der Waals surface area contributed by atoms with E-state index in [4.69, 9.17) is 9.84 Å². The lowest BCUT2D eigenvalue weighted by molar-refractivity contribution is -0.160. The molecule has 14 nitrogen and oxygen atoms in total. The topological polar surface area (TPSA) is 266 Å². The third kappa shape index (κ3) is 33.4. The highest BCUT2D eigenvalue weighted by Crippen LogP contribution is 2.33. The van der Waals surface area contributed by atoms with Crippen molar-refractivity contribution in [2.24, 2.45) is 0 Å². The SMILES string of the molecule is CC(C)=CCC[C@@](C)(O)CCC[C@@](C)(O)CCC[C@](C)(O)CCC[C@@](C)(O)CCC[C@@](C)(O)CCC[C@@](C)(O)CCC[C@](C)(O)CCC[C@](C)(O)[C@H](O)COC(=O)C[C@@](C)(O)CC(=O)O. The van der Waals surface area contributed by atoms with Gasteiger partial charge in [-0.05, 0) is 224 Å². The molecule has 0 aliphatic heterocycles. The van der Waals surface area contributed by atoms with Gasteiger partial charge >= 0.3 is 11.9 Å². The lowest BCUT2D eigenvalue weighted by Crippen LogP contribution is -2.43. The predicted octanol–water partition coefficient (Wildman–Crippen LogP) is 7.45. The summed E-state index contributed by atoms with van der Waals surface area (Å²) < 4.78 is 4.96. The smallest absolute Gasteiger partial charge is 0.308 e. The third-order valence-electron chi connectivity index (χ3n) is 13.4. The molecule has 0 saturated carbocycles. The van der Waals surface area contributed by atoms with E-state index >= 15 is 0 Å². The molecule has 0 spiro atoms. The maximum atomic E-state index is 12.0. The monoisotopic (exact) mass is 935 g/mol. The molecule has 0 heterocycles. The van der Waals surface area contributed by atoms with Gasteiger partial charge in [0.25, 0.3) is 0 Å². The highest BCUT2D eigenvalue weighted by molar-refractivity contribution is 5.73. The van der Waals surface area contributed by atoms with Gasteiger partial charge in [-0.15, -0.1) is 0 Å². The number of esters is 1. The second-order valence-corrected chi connectivity index (χ2v) is 23.1. The molecule has 386 valence electrons. The van der Waals surface area contributed by atoms with E-state index in [1.165, 1.54) is 19.4 Å². The zero-order valence-corrected chi connectivity index (χ0v) is 42.7. The van der Waals surface area contributed by atoms with E-state index in [0.717, 1.165) is 12.8 Å². The summed E-state index contributed by atoms with van der Waals surface area (Å²) in [5.41, 5.74) is -8.78. The fourth-order valence-electron chi connectivity index (χ4n) is 8.74. The largest absolute Gasteiger partial charge is 0.481 e. The number of aliphatic carboxylic acids is 1. The Kier molecular flexibility index (Phi) is 26.7. The minimum atomic E-state index is -1.82. The van der Waals surface area contributed by atoms with Crippen molar-refractivity contribution in [3.63, 3.8) is 0 Å². The number of carbonyl (C=O) groups excluding carboxylic acids is 1. The highest BCUT2D eigenvalue weighted by Gasteiger charge is 2.35. The van der Waals surface area contributed by atoms with Crippen LogP contribution in [0.3, 0.4) is 0 Å². The number of carbonyl (C=O) groups is 2. The molecule has 65 heavy (non-hydrogen) atoms. The maximum absolute atomic E-state index is 12.0. The van der Waals surface area contributed by atoms with Gasteiger partial charge in [-0.2, -0.15) is 0 Å². The number of aliphatic hydroxyl groups excluding tert-OH is 1. The second-order valence-electron chi connectivity index (χ2n) is 23.1. The van der Waals surface area contributed by atoms with Crippen molar-refractivity contribution in [1.82, 2.24) is 0 Å². The second kappa shape index (κ2) is 27.5. The third-order valence-corrected chi connectivity index (χ3v) is 13.4. The van der Waals surface area contributed by atoms with E-state index in [0.29, 0.717) is 128 Å². The van der Waals surface area contributed by atoms with Crippen LogP contribution in [0.15, 0.2) is 11.6 Å². The summed E-state index contributed by atoms with van der Waals surface area (Å²) in [6.07, 6.45) is 11.6. The number of carboxylic acids is 1. The molecule has 0 aliphatic rings. The van der Waals surface area contributed by atoms with Crippen LogP contribution in [0, 0.1) is 0 Å². The number of carboxylic acid groups (broad SMARTS) is 1. The Morgan fingerprint density at radius 2 is 0.692 bits per heavy atom. The molecule has 0 bridgehead atoms. The van der Waals surface area contributed by atoms with Gasteiger partial charge in [0, 0.05) is 0 Å². The van der Waals surface area contributed by atoms with Crippen molar-refractivity contribution in [1.29, 1.82) is 0 Å². The Morgan fingerprint density at radius 1 is 0.431 bits per heavy atom. The predicted molar refractivity (Wildman–Crippen MR) is 255 cm³/mol. The molecule has 0 unspecified atom stereocenters. The van der Waals surface area contributed by atoms with Crippen LogP contribution in [-0.4, -0.2) is 131 Å². The molecular weight excluding hydrogens is 837 g/mol.